The maximum Gasteiger partial charge on any atom is 0.416 e. The zero-order chi connectivity index (χ0) is 16.7. The third kappa shape index (κ3) is 3.68. The van der Waals surface area contributed by atoms with Gasteiger partial charge in [-0.2, -0.15) is 13.2 Å². The van der Waals surface area contributed by atoms with Gasteiger partial charge in [-0.05, 0) is 29.8 Å². The fourth-order valence-electron chi connectivity index (χ4n) is 1.80. The topological polar surface area (TPSA) is 52.6 Å². The zero-order valence-corrected chi connectivity index (χ0v) is 13.0. The molecular formula is C14H10BrF3O4. The van der Waals surface area contributed by atoms with Crippen molar-refractivity contribution in [2.24, 2.45) is 0 Å². The highest BCUT2D eigenvalue weighted by molar-refractivity contribution is 9.10. The molecule has 0 N–H and O–H groups in total. The highest BCUT2D eigenvalue weighted by Gasteiger charge is 2.39. The Labute approximate surface area is 132 Å². The van der Waals surface area contributed by atoms with Gasteiger partial charge in [-0.3, -0.25) is 0 Å². The number of carbonyl (C=O) groups excluding carboxylic acids is 2. The van der Waals surface area contributed by atoms with Crippen LogP contribution >= 0.6 is 15.9 Å². The van der Waals surface area contributed by atoms with Crippen molar-refractivity contribution in [3.8, 4) is 0 Å². The van der Waals surface area contributed by atoms with Gasteiger partial charge in [0.25, 0.3) is 5.79 Å². The van der Waals surface area contributed by atoms with Crippen LogP contribution in [0.2, 0.25) is 0 Å². The van der Waals surface area contributed by atoms with Crippen LogP contribution in [0.3, 0.4) is 0 Å². The number of benzene rings is 1. The van der Waals surface area contributed by atoms with Crippen molar-refractivity contribution >= 4 is 33.9 Å². The van der Waals surface area contributed by atoms with E-state index in [1.54, 1.807) is 0 Å². The van der Waals surface area contributed by atoms with E-state index in [4.69, 9.17) is 9.47 Å². The molecule has 1 heterocycles. The molecule has 0 unspecified atom stereocenters. The van der Waals surface area contributed by atoms with E-state index in [1.165, 1.54) is 19.9 Å². The van der Waals surface area contributed by atoms with Crippen molar-refractivity contribution in [1.82, 2.24) is 0 Å². The molecule has 1 aromatic carbocycles. The van der Waals surface area contributed by atoms with Gasteiger partial charge in [-0.1, -0.05) is 15.9 Å². The number of rotatable bonds is 1. The van der Waals surface area contributed by atoms with Crippen molar-refractivity contribution in [2.45, 2.75) is 25.8 Å². The molecule has 118 valence electrons. The minimum absolute atomic E-state index is 0.0188. The Morgan fingerprint density at radius 3 is 2.14 bits per heavy atom. The number of ether oxygens (including phenoxy) is 2. The number of cyclic esters (lactones) is 2. The Bertz CT molecular complexity index is 655. The molecule has 1 saturated heterocycles. The van der Waals surface area contributed by atoms with Crippen LogP contribution in [0.5, 0.6) is 0 Å². The molecule has 0 spiro atoms. The summed E-state index contributed by atoms with van der Waals surface area (Å²) < 4.78 is 48.2. The predicted octanol–water partition coefficient (Wildman–Crippen LogP) is 3.69. The van der Waals surface area contributed by atoms with E-state index >= 15 is 0 Å². The summed E-state index contributed by atoms with van der Waals surface area (Å²) in [5.41, 5.74) is -1.36. The molecule has 22 heavy (non-hydrogen) atoms. The molecule has 1 aliphatic rings. The number of halogens is 4. The third-order valence-corrected chi connectivity index (χ3v) is 3.13. The van der Waals surface area contributed by atoms with Gasteiger partial charge >= 0.3 is 18.1 Å². The molecule has 1 aromatic rings. The molecule has 0 bridgehead atoms. The lowest BCUT2D eigenvalue weighted by molar-refractivity contribution is -0.222. The third-order valence-electron chi connectivity index (χ3n) is 2.68. The van der Waals surface area contributed by atoms with Crippen LogP contribution in [0, 0.1) is 0 Å². The standard InChI is InChI=1S/C14H10BrF3O4/c1-13(2)21-11(19)10(12(20)22-13)5-7-3-8(14(16,17)18)6-9(15)4-7/h3-6H,1-2H3. The summed E-state index contributed by atoms with van der Waals surface area (Å²) in [7, 11) is 0. The van der Waals surface area contributed by atoms with Gasteiger partial charge in [0.15, 0.2) is 0 Å². The van der Waals surface area contributed by atoms with E-state index in [2.05, 4.69) is 15.9 Å². The maximum absolute atomic E-state index is 12.8. The fourth-order valence-corrected chi connectivity index (χ4v) is 2.32. The monoisotopic (exact) mass is 378 g/mol. The molecular weight excluding hydrogens is 369 g/mol. The molecule has 0 atom stereocenters. The second-order valence-electron chi connectivity index (χ2n) is 5.01. The first-order chi connectivity index (χ1) is 9.98. The largest absolute Gasteiger partial charge is 0.419 e. The van der Waals surface area contributed by atoms with Crippen molar-refractivity contribution < 1.29 is 32.2 Å². The van der Waals surface area contributed by atoms with Crippen LogP contribution in [0.1, 0.15) is 25.0 Å². The highest BCUT2D eigenvalue weighted by atomic mass is 79.9. The highest BCUT2D eigenvalue weighted by Crippen LogP contribution is 2.33. The number of hydrogen-bond acceptors (Lipinski definition) is 4. The molecule has 0 radical (unpaired) electrons. The Morgan fingerprint density at radius 1 is 1.09 bits per heavy atom. The maximum atomic E-state index is 12.8. The number of hydrogen-bond donors (Lipinski definition) is 0. The van der Waals surface area contributed by atoms with E-state index in [0.29, 0.717) is 0 Å². The second-order valence-corrected chi connectivity index (χ2v) is 5.92. The van der Waals surface area contributed by atoms with Crippen LogP contribution in [0.25, 0.3) is 6.08 Å². The summed E-state index contributed by atoms with van der Waals surface area (Å²) in [6, 6.07) is 3.04. The Hall–Kier alpha value is -1.83. The first kappa shape index (κ1) is 16.5. The minimum Gasteiger partial charge on any atom is -0.419 e. The smallest absolute Gasteiger partial charge is 0.416 e. The normalized spacial score (nSPS) is 17.8. The number of alkyl halides is 3. The fraction of sp³-hybridized carbons (Fsp3) is 0.286. The summed E-state index contributed by atoms with van der Waals surface area (Å²) in [5.74, 6) is -3.30. The SMILES string of the molecule is CC1(C)OC(=O)C(=Cc2cc(Br)cc(C(F)(F)F)c2)C(=O)O1. The lowest BCUT2D eigenvalue weighted by Gasteiger charge is -2.29. The average Bonchev–Trinajstić information content (AvgIpc) is 2.31. The van der Waals surface area contributed by atoms with Gasteiger partial charge in [0, 0.05) is 18.3 Å². The number of carbonyl (C=O) groups is 2. The first-order valence-corrected chi connectivity index (χ1v) is 6.83. The molecule has 0 aromatic heterocycles. The van der Waals surface area contributed by atoms with E-state index in [1.807, 2.05) is 0 Å². The average molecular weight is 379 g/mol. The Kier molecular flexibility index (Phi) is 4.08. The van der Waals surface area contributed by atoms with Gasteiger partial charge in [-0.15, -0.1) is 0 Å². The number of esters is 2. The zero-order valence-electron chi connectivity index (χ0n) is 11.5. The molecule has 1 aliphatic heterocycles. The quantitative estimate of drug-likeness (QED) is 0.424. The van der Waals surface area contributed by atoms with Crippen molar-refractivity contribution in [3.05, 3.63) is 39.4 Å². The van der Waals surface area contributed by atoms with Crippen molar-refractivity contribution in [1.29, 1.82) is 0 Å². The minimum atomic E-state index is -4.55. The molecule has 0 amide bonds. The predicted molar refractivity (Wildman–Crippen MR) is 73.4 cm³/mol. The van der Waals surface area contributed by atoms with Gasteiger partial charge in [0.05, 0.1) is 5.56 Å². The summed E-state index contributed by atoms with van der Waals surface area (Å²) >= 11 is 2.96. The van der Waals surface area contributed by atoms with Crippen LogP contribution in [0.15, 0.2) is 28.2 Å². The lowest BCUT2D eigenvalue weighted by Crippen LogP contribution is -2.41. The van der Waals surface area contributed by atoms with Crippen molar-refractivity contribution in [3.63, 3.8) is 0 Å². The van der Waals surface area contributed by atoms with Crippen LogP contribution in [0.4, 0.5) is 13.2 Å². The lowest BCUT2D eigenvalue weighted by atomic mass is 10.1. The van der Waals surface area contributed by atoms with Crippen LogP contribution in [-0.2, 0) is 25.2 Å². The molecule has 0 aliphatic carbocycles. The summed E-state index contributed by atoms with van der Waals surface area (Å²) in [6.07, 6.45) is -3.55. The van der Waals surface area contributed by atoms with E-state index < -0.39 is 35.0 Å². The van der Waals surface area contributed by atoms with Crippen LogP contribution in [-0.4, -0.2) is 17.7 Å². The van der Waals surface area contributed by atoms with Crippen LogP contribution < -0.4 is 0 Å². The summed E-state index contributed by atoms with van der Waals surface area (Å²) in [5, 5.41) is 0. The summed E-state index contributed by atoms with van der Waals surface area (Å²) in [6.45, 7) is 2.75. The van der Waals surface area contributed by atoms with Crippen molar-refractivity contribution in [2.75, 3.05) is 0 Å². The molecule has 4 nitrogen and oxygen atoms in total. The molecule has 1 fully saturated rings. The van der Waals surface area contributed by atoms with Gasteiger partial charge in [0.1, 0.15) is 5.57 Å². The second kappa shape index (κ2) is 5.42. The van der Waals surface area contributed by atoms with Gasteiger partial charge in [-0.25, -0.2) is 9.59 Å². The Morgan fingerprint density at radius 2 is 1.64 bits per heavy atom. The molecule has 8 heteroatoms. The van der Waals surface area contributed by atoms with Gasteiger partial charge < -0.3 is 9.47 Å². The van der Waals surface area contributed by atoms with E-state index in [0.717, 1.165) is 18.2 Å². The first-order valence-electron chi connectivity index (χ1n) is 6.04. The Balaban J connectivity index is 2.43. The van der Waals surface area contributed by atoms with E-state index in [9.17, 15) is 22.8 Å². The summed E-state index contributed by atoms with van der Waals surface area (Å²) in [4.78, 5) is 23.5. The van der Waals surface area contributed by atoms with Gasteiger partial charge in [0.2, 0.25) is 0 Å². The molecule has 2 rings (SSSR count). The molecule has 0 saturated carbocycles. The van der Waals surface area contributed by atoms with E-state index in [-0.39, 0.29) is 10.0 Å².